The van der Waals surface area contributed by atoms with Gasteiger partial charge < -0.3 is 18.9 Å². The molecule has 40 heavy (non-hydrogen) atoms. The van der Waals surface area contributed by atoms with E-state index in [1.807, 2.05) is 0 Å². The van der Waals surface area contributed by atoms with Crippen LogP contribution in [0.15, 0.2) is 0 Å². The van der Waals surface area contributed by atoms with Crippen LogP contribution in [0.1, 0.15) is 158 Å². The van der Waals surface area contributed by atoms with Gasteiger partial charge in [-0.1, -0.05) is 107 Å². The summed E-state index contributed by atoms with van der Waals surface area (Å²) in [4.78, 5) is 18.5. The molecule has 0 N–H and O–H groups in total. The van der Waals surface area contributed by atoms with E-state index in [-0.39, 0.29) is 0 Å². The molecular weight excluding hydrogens is 553 g/mol. The molecule has 0 fully saturated rings. The molecule has 0 aromatic rings. The molecule has 0 aromatic carbocycles. The van der Waals surface area contributed by atoms with Crippen molar-refractivity contribution in [1.29, 1.82) is 0 Å². The minimum atomic E-state index is -4.65. The van der Waals surface area contributed by atoms with Crippen LogP contribution >= 0.6 is 22.3 Å². The molecule has 0 saturated carbocycles. The van der Waals surface area contributed by atoms with Crippen LogP contribution < -0.4 is 9.79 Å². The van der Waals surface area contributed by atoms with Gasteiger partial charge in [0.2, 0.25) is 0 Å². The smallest absolute Gasteiger partial charge is 0.0594 e. The van der Waals surface area contributed by atoms with Crippen molar-refractivity contribution in [3.8, 4) is 0 Å². The van der Waals surface area contributed by atoms with Crippen LogP contribution in [0.2, 0.25) is 0 Å². The molecule has 246 valence electrons. The largest absolute Gasteiger partial charge is 0.790 e. The van der Waals surface area contributed by atoms with E-state index in [0.717, 1.165) is 7.11 Å². The first-order chi connectivity index (χ1) is 19.0. The Balaban J connectivity index is -0.000000569. The topological polar surface area (TPSA) is 72.4 Å². The van der Waals surface area contributed by atoms with Crippen LogP contribution in [-0.2, 0) is 9.09 Å². The number of phosphoric acid groups is 1. The van der Waals surface area contributed by atoms with Gasteiger partial charge in [0.25, 0.3) is 0 Å². The molecule has 0 radical (unpaired) electrons. The predicted molar refractivity (Wildman–Crippen MR) is 187 cm³/mol. The molecule has 0 atom stereocenters. The molecule has 0 rings (SSSR count). The normalized spacial score (nSPS) is 12.0. The minimum absolute atomic E-state index is 0.562. The highest BCUT2D eigenvalue weighted by Crippen LogP contribution is 2.62. The lowest BCUT2D eigenvalue weighted by Crippen LogP contribution is -2.14. The molecule has 0 aliphatic rings. The summed E-state index contributed by atoms with van der Waals surface area (Å²) < 4.78 is 12.6. The third-order valence-corrected chi connectivity index (χ3v) is 18.7. The molecule has 0 heterocycles. The molecule has 0 amide bonds. The Morgan fingerprint density at radius 1 is 0.425 bits per heavy atom. The van der Waals surface area contributed by atoms with Gasteiger partial charge in [-0.15, -0.1) is 0 Å². The Labute approximate surface area is 255 Å². The second-order valence-corrected chi connectivity index (χ2v) is 22.1. The number of hydrogen-bond donors (Lipinski definition) is 0. The molecule has 0 aliphatic carbocycles. The first-order valence-electron chi connectivity index (χ1n) is 17.3. The fourth-order valence-corrected chi connectivity index (χ4v) is 15.9. The van der Waals surface area contributed by atoms with Gasteiger partial charge in [-0.05, 0) is 51.4 Å². The lowest BCUT2D eigenvalue weighted by Gasteiger charge is -2.28. The maximum atomic E-state index is 9.25. The van der Waals surface area contributed by atoms with Gasteiger partial charge in [0, 0.05) is 21.6 Å². The average molecular weight is 629 g/mol. The van der Waals surface area contributed by atoms with Gasteiger partial charge in [-0.2, -0.15) is 0 Å². The molecule has 0 bridgehead atoms. The highest BCUT2D eigenvalue weighted by atomic mass is 31.2. The first kappa shape index (κ1) is 45.4. The van der Waals surface area contributed by atoms with E-state index < -0.39 is 22.3 Å². The number of phosphoric ester groups is 1. The monoisotopic (exact) mass is 628 g/mol. The van der Waals surface area contributed by atoms with Crippen molar-refractivity contribution in [3.05, 3.63) is 0 Å². The molecule has 4 nitrogen and oxygen atoms in total. The summed E-state index contributed by atoms with van der Waals surface area (Å²) >= 11 is 0. The van der Waals surface area contributed by atoms with Crippen molar-refractivity contribution in [2.24, 2.45) is 0 Å². The van der Waals surface area contributed by atoms with Gasteiger partial charge in [0.15, 0.2) is 0 Å². The quantitative estimate of drug-likeness (QED) is 0.0943. The Bertz CT molecular complexity index is 429. The van der Waals surface area contributed by atoms with Gasteiger partial charge in [-0.3, -0.25) is 0 Å². The Morgan fingerprint density at radius 3 is 0.625 bits per heavy atom. The van der Waals surface area contributed by atoms with Crippen LogP contribution in [0.3, 0.4) is 0 Å². The molecule has 7 heteroatoms. The summed E-state index contributed by atoms with van der Waals surface area (Å²) in [6, 6.07) is 0. The summed E-state index contributed by atoms with van der Waals surface area (Å²) in [5.41, 5.74) is 0. The molecule has 0 aliphatic heterocycles. The summed E-state index contributed by atoms with van der Waals surface area (Å²) in [7, 11) is -4.95. The van der Waals surface area contributed by atoms with Crippen LogP contribution in [0.25, 0.3) is 0 Å². The second kappa shape index (κ2) is 31.4. The van der Waals surface area contributed by atoms with Crippen molar-refractivity contribution >= 4 is 22.3 Å². The predicted octanol–water partition coefficient (Wildman–Crippen LogP) is 10.9. The molecule has 0 spiro atoms. The van der Waals surface area contributed by atoms with E-state index in [2.05, 4.69) is 59.9 Å². The first-order valence-corrected chi connectivity index (χ1v) is 23.8. The lowest BCUT2D eigenvalue weighted by molar-refractivity contribution is -0.339. The van der Waals surface area contributed by atoms with E-state index in [1.165, 1.54) is 103 Å². The van der Waals surface area contributed by atoms with Crippen LogP contribution in [0.5, 0.6) is 0 Å². The van der Waals surface area contributed by atoms with Crippen LogP contribution in [0, 0.1) is 0 Å². The number of unbranched alkanes of at least 4 members (excludes halogenated alkanes) is 8. The lowest BCUT2D eigenvalue weighted by atomic mass is 10.4. The van der Waals surface area contributed by atoms with Crippen LogP contribution in [0.4, 0.5) is 0 Å². The van der Waals surface area contributed by atoms with Gasteiger partial charge in [-0.25, -0.2) is 0 Å². The third kappa shape index (κ3) is 29.1. The van der Waals surface area contributed by atoms with Crippen molar-refractivity contribution in [1.82, 2.24) is 0 Å². The Kier molecular flexibility index (Phi) is 35.6. The zero-order valence-electron chi connectivity index (χ0n) is 28.9. The zero-order valence-corrected chi connectivity index (χ0v) is 31.6. The SMILES string of the molecule is CCCC[P+](CCCC)(CCCC)CCCC.CCCC[P+](CCCC)(CCCC)CCCC.COP(=O)([O-])[O-]. The Morgan fingerprint density at radius 2 is 0.550 bits per heavy atom. The zero-order chi connectivity index (χ0) is 31.2. The van der Waals surface area contributed by atoms with E-state index in [9.17, 15) is 14.4 Å². The standard InChI is InChI=1S/2C16H36P.CH5O4P/c2*1-5-9-13-17(14-10-6-2,15-11-7-3)16-12-8-4;1-5-6(2,3)4/h2*5-16H2,1-4H3;1H3,(H2,2,3,4)/q2*+1;/p-2. The van der Waals surface area contributed by atoms with Crippen molar-refractivity contribution in [3.63, 3.8) is 0 Å². The van der Waals surface area contributed by atoms with Gasteiger partial charge in [0.05, 0.1) is 57.1 Å². The maximum absolute atomic E-state index is 9.25. The summed E-state index contributed by atoms with van der Waals surface area (Å²) in [6.07, 6.45) is 35.9. The number of hydrogen-bond acceptors (Lipinski definition) is 4. The Hall–Kier alpha value is 0.970. The third-order valence-electron chi connectivity index (χ3n) is 8.11. The van der Waals surface area contributed by atoms with Crippen molar-refractivity contribution in [2.75, 3.05) is 56.4 Å². The van der Waals surface area contributed by atoms with Gasteiger partial charge >= 0.3 is 0 Å². The van der Waals surface area contributed by atoms with Crippen molar-refractivity contribution in [2.45, 2.75) is 158 Å². The summed E-state index contributed by atoms with van der Waals surface area (Å²) in [5.74, 6) is 0. The number of rotatable bonds is 25. The summed E-state index contributed by atoms with van der Waals surface area (Å²) in [6.45, 7) is 18.8. The van der Waals surface area contributed by atoms with E-state index in [0.29, 0.717) is 0 Å². The maximum Gasteiger partial charge on any atom is 0.0594 e. The molecule has 0 saturated heterocycles. The summed E-state index contributed by atoms with van der Waals surface area (Å²) in [5, 5.41) is 0. The highest BCUT2D eigenvalue weighted by Gasteiger charge is 2.35. The van der Waals surface area contributed by atoms with Crippen LogP contribution in [-0.4, -0.2) is 56.4 Å². The fraction of sp³-hybridized carbons (Fsp3) is 1.00. The van der Waals surface area contributed by atoms with E-state index >= 15 is 0 Å². The molecular formula is C33H75O4P3. The van der Waals surface area contributed by atoms with Gasteiger partial charge in [0.1, 0.15) is 0 Å². The average Bonchev–Trinajstić information content (AvgIpc) is 2.96. The van der Waals surface area contributed by atoms with E-state index in [4.69, 9.17) is 0 Å². The fourth-order valence-electron chi connectivity index (χ4n) is 5.29. The second-order valence-electron chi connectivity index (χ2n) is 11.9. The highest BCUT2D eigenvalue weighted by molar-refractivity contribution is 7.76. The van der Waals surface area contributed by atoms with Crippen molar-refractivity contribution < 1.29 is 18.9 Å². The molecule has 0 unspecified atom stereocenters. The van der Waals surface area contributed by atoms with E-state index in [1.54, 1.807) is 49.3 Å². The minimum Gasteiger partial charge on any atom is -0.790 e. The molecule has 0 aromatic heterocycles.